The number of piperidine rings is 1. The third kappa shape index (κ3) is 2.58. The van der Waals surface area contributed by atoms with Crippen LogP contribution in [0.3, 0.4) is 0 Å². The topological polar surface area (TPSA) is 60.2 Å². The van der Waals surface area contributed by atoms with Crippen molar-refractivity contribution in [3.63, 3.8) is 0 Å². The molecule has 0 aromatic carbocycles. The van der Waals surface area contributed by atoms with E-state index in [4.69, 9.17) is 9.26 Å². The third-order valence-electron chi connectivity index (χ3n) is 5.90. The van der Waals surface area contributed by atoms with Crippen LogP contribution in [0.1, 0.15) is 50.2 Å². The Morgan fingerprint density at radius 1 is 1.13 bits per heavy atom. The van der Waals surface area contributed by atoms with Crippen LogP contribution in [0.25, 0.3) is 0 Å². The molecule has 2 atom stereocenters. The molecule has 2 saturated heterocycles. The molecule has 3 fully saturated rings. The molecule has 128 valence electrons. The zero-order valence-electron chi connectivity index (χ0n) is 13.4. The van der Waals surface area contributed by atoms with Gasteiger partial charge in [0.25, 0.3) is 5.92 Å². The summed E-state index contributed by atoms with van der Waals surface area (Å²) >= 11 is 0. The molecule has 2 aliphatic heterocycles. The number of ether oxygens (including phenoxy) is 1. The monoisotopic (exact) mass is 327 g/mol. The first kappa shape index (κ1) is 15.4. The van der Waals surface area contributed by atoms with E-state index in [0.717, 1.165) is 31.8 Å². The van der Waals surface area contributed by atoms with Gasteiger partial charge in [0.2, 0.25) is 5.89 Å². The Bertz CT molecular complexity index is 555. The lowest BCUT2D eigenvalue weighted by Crippen LogP contribution is -2.50. The number of hydrogen-bond donors (Lipinski definition) is 1. The molecule has 7 heteroatoms. The first-order valence-electron chi connectivity index (χ1n) is 8.49. The minimum Gasteiger partial charge on any atom is -0.380 e. The second-order valence-corrected chi connectivity index (χ2v) is 7.54. The first-order valence-corrected chi connectivity index (χ1v) is 8.49. The highest BCUT2D eigenvalue weighted by atomic mass is 19.3. The summed E-state index contributed by atoms with van der Waals surface area (Å²) in [5, 5.41) is 7.52. The maximum Gasteiger partial charge on any atom is 0.258 e. The number of nitrogens with one attached hydrogen (secondary N) is 1. The molecule has 1 aromatic rings. The molecular weight excluding hydrogens is 304 g/mol. The molecule has 5 nitrogen and oxygen atoms in total. The summed E-state index contributed by atoms with van der Waals surface area (Å²) in [6.45, 7) is 4.30. The highest BCUT2D eigenvalue weighted by molar-refractivity contribution is 5.10. The normalized spacial score (nSPS) is 35.9. The molecule has 3 aliphatic rings. The van der Waals surface area contributed by atoms with Crippen LogP contribution in [0, 0.1) is 11.8 Å². The number of halogens is 2. The molecule has 1 saturated carbocycles. The fourth-order valence-electron chi connectivity index (χ4n) is 4.19. The Morgan fingerprint density at radius 3 is 2.43 bits per heavy atom. The Hall–Kier alpha value is -1.08. The van der Waals surface area contributed by atoms with Crippen molar-refractivity contribution in [1.82, 2.24) is 15.5 Å². The molecule has 0 amide bonds. The van der Waals surface area contributed by atoms with Gasteiger partial charge in [-0.1, -0.05) is 12.1 Å². The SMILES string of the molecule is CC1(c2noc(C3CC4COCC(C3)C4(F)F)n2)CCNCC1. The molecule has 0 spiro atoms. The highest BCUT2D eigenvalue weighted by Gasteiger charge is 2.55. The van der Waals surface area contributed by atoms with E-state index in [1.54, 1.807) is 0 Å². The molecule has 2 bridgehead atoms. The van der Waals surface area contributed by atoms with Crippen molar-refractivity contribution < 1.29 is 18.0 Å². The first-order chi connectivity index (χ1) is 11.0. The molecule has 0 radical (unpaired) electrons. The van der Waals surface area contributed by atoms with Gasteiger partial charge in [-0.15, -0.1) is 0 Å². The Kier molecular flexibility index (Phi) is 3.68. The minimum atomic E-state index is -2.63. The van der Waals surface area contributed by atoms with Crippen molar-refractivity contribution >= 4 is 0 Å². The maximum atomic E-state index is 14.2. The zero-order valence-corrected chi connectivity index (χ0v) is 13.4. The van der Waals surface area contributed by atoms with E-state index in [2.05, 4.69) is 22.4 Å². The summed E-state index contributed by atoms with van der Waals surface area (Å²) in [5.41, 5.74) is -0.0788. The number of aromatic nitrogens is 2. The van der Waals surface area contributed by atoms with Crippen LogP contribution < -0.4 is 5.32 Å². The van der Waals surface area contributed by atoms with E-state index in [0.29, 0.717) is 18.7 Å². The van der Waals surface area contributed by atoms with E-state index < -0.39 is 17.8 Å². The van der Waals surface area contributed by atoms with Crippen LogP contribution in [-0.2, 0) is 10.2 Å². The van der Waals surface area contributed by atoms with Gasteiger partial charge < -0.3 is 14.6 Å². The van der Waals surface area contributed by atoms with E-state index in [1.807, 2.05) is 0 Å². The van der Waals surface area contributed by atoms with Crippen LogP contribution in [0.2, 0.25) is 0 Å². The standard InChI is InChI=1S/C16H23F2N3O2/c1-15(2-4-19-5-3-15)14-20-13(23-21-14)10-6-11-8-22-9-12(7-10)16(11,17)18/h10-12,19H,2-9H2,1H3. The molecule has 1 N–H and O–H groups in total. The third-order valence-corrected chi connectivity index (χ3v) is 5.90. The van der Waals surface area contributed by atoms with Gasteiger partial charge in [0.05, 0.1) is 13.2 Å². The lowest BCUT2D eigenvalue weighted by Gasteiger charge is -2.44. The van der Waals surface area contributed by atoms with Crippen molar-refractivity contribution in [2.75, 3.05) is 26.3 Å². The number of fused-ring (bicyclic) bond motifs is 2. The average Bonchev–Trinajstić information content (AvgIpc) is 2.97. The molecular formula is C16H23F2N3O2. The van der Waals surface area contributed by atoms with E-state index in [9.17, 15) is 8.78 Å². The summed E-state index contributed by atoms with van der Waals surface area (Å²) in [5.74, 6) is -2.90. The largest absolute Gasteiger partial charge is 0.380 e. The van der Waals surface area contributed by atoms with Gasteiger partial charge in [-0.25, -0.2) is 8.78 Å². The van der Waals surface area contributed by atoms with Gasteiger partial charge in [-0.05, 0) is 38.8 Å². The quantitative estimate of drug-likeness (QED) is 0.904. The van der Waals surface area contributed by atoms with Crippen LogP contribution in [0.15, 0.2) is 4.52 Å². The second kappa shape index (κ2) is 5.48. The lowest BCUT2D eigenvalue weighted by molar-refractivity contribution is -0.207. The molecule has 3 heterocycles. The maximum absolute atomic E-state index is 14.2. The Morgan fingerprint density at radius 2 is 1.78 bits per heavy atom. The van der Waals surface area contributed by atoms with Gasteiger partial charge >= 0.3 is 0 Å². The van der Waals surface area contributed by atoms with E-state index in [1.165, 1.54) is 0 Å². The van der Waals surface area contributed by atoms with Crippen molar-refractivity contribution in [3.8, 4) is 0 Å². The summed E-state index contributed by atoms with van der Waals surface area (Å²) in [6, 6.07) is 0. The molecule has 1 aromatic heterocycles. The fraction of sp³-hybridized carbons (Fsp3) is 0.875. The zero-order chi connectivity index (χ0) is 16.1. The van der Waals surface area contributed by atoms with Crippen molar-refractivity contribution in [2.24, 2.45) is 11.8 Å². The predicted octanol–water partition coefficient (Wildman–Crippen LogP) is 2.49. The van der Waals surface area contributed by atoms with Gasteiger partial charge in [0, 0.05) is 23.2 Å². The van der Waals surface area contributed by atoms with Gasteiger partial charge in [0.1, 0.15) is 0 Å². The highest BCUT2D eigenvalue weighted by Crippen LogP contribution is 2.50. The molecule has 23 heavy (non-hydrogen) atoms. The Labute approximate surface area is 134 Å². The summed E-state index contributed by atoms with van der Waals surface area (Å²) in [4.78, 5) is 4.61. The smallest absolute Gasteiger partial charge is 0.258 e. The van der Waals surface area contributed by atoms with Gasteiger partial charge in [-0.3, -0.25) is 0 Å². The van der Waals surface area contributed by atoms with Crippen molar-refractivity contribution in [3.05, 3.63) is 11.7 Å². The van der Waals surface area contributed by atoms with Gasteiger partial charge in [0.15, 0.2) is 5.82 Å². The number of hydrogen-bond acceptors (Lipinski definition) is 5. The number of alkyl halides is 2. The molecule has 1 aliphatic carbocycles. The summed E-state index contributed by atoms with van der Waals surface area (Å²) in [6.07, 6.45) is 2.66. The summed E-state index contributed by atoms with van der Waals surface area (Å²) in [7, 11) is 0. The predicted molar refractivity (Wildman–Crippen MR) is 78.5 cm³/mol. The fourth-order valence-corrected chi connectivity index (χ4v) is 4.19. The summed E-state index contributed by atoms with van der Waals surface area (Å²) < 4.78 is 39.2. The second-order valence-electron chi connectivity index (χ2n) is 7.54. The van der Waals surface area contributed by atoms with Crippen LogP contribution in [0.5, 0.6) is 0 Å². The van der Waals surface area contributed by atoms with E-state index in [-0.39, 0.29) is 24.5 Å². The van der Waals surface area contributed by atoms with Crippen molar-refractivity contribution in [2.45, 2.75) is 49.9 Å². The Balaban J connectivity index is 1.53. The van der Waals surface area contributed by atoms with Crippen LogP contribution >= 0.6 is 0 Å². The van der Waals surface area contributed by atoms with Crippen molar-refractivity contribution in [1.29, 1.82) is 0 Å². The van der Waals surface area contributed by atoms with Crippen LogP contribution in [0.4, 0.5) is 8.78 Å². The average molecular weight is 327 g/mol. The number of rotatable bonds is 2. The minimum absolute atomic E-state index is 0.0694. The van der Waals surface area contributed by atoms with E-state index >= 15 is 0 Å². The van der Waals surface area contributed by atoms with Crippen LogP contribution in [-0.4, -0.2) is 42.4 Å². The molecule has 4 rings (SSSR count). The molecule has 2 unspecified atom stereocenters. The number of nitrogens with zero attached hydrogens (tertiary/aromatic N) is 2. The van der Waals surface area contributed by atoms with Gasteiger partial charge in [-0.2, -0.15) is 4.98 Å². The lowest BCUT2D eigenvalue weighted by atomic mass is 9.71.